The van der Waals surface area contributed by atoms with Crippen LogP contribution in [0.25, 0.3) is 0 Å². The van der Waals surface area contributed by atoms with Crippen molar-refractivity contribution in [2.45, 2.75) is 31.9 Å². The lowest BCUT2D eigenvalue weighted by atomic mass is 9.96. The largest absolute Gasteiger partial charge is 0.373 e. The maximum atomic E-state index is 13.4. The van der Waals surface area contributed by atoms with Crippen LogP contribution in [0.5, 0.6) is 0 Å². The van der Waals surface area contributed by atoms with Gasteiger partial charge in [0.25, 0.3) is 5.91 Å². The van der Waals surface area contributed by atoms with Crippen molar-refractivity contribution < 1.29 is 9.53 Å². The van der Waals surface area contributed by atoms with Gasteiger partial charge in [0, 0.05) is 32.0 Å². The molecule has 4 rings (SSSR count). The number of rotatable bonds is 4. The zero-order valence-corrected chi connectivity index (χ0v) is 16.3. The number of ether oxygens (including phenoxy) is 1. The van der Waals surface area contributed by atoms with Gasteiger partial charge in [0.05, 0.1) is 24.3 Å². The number of hydrogen-bond acceptors (Lipinski definition) is 3. The fourth-order valence-electron chi connectivity index (χ4n) is 4.37. The summed E-state index contributed by atoms with van der Waals surface area (Å²) in [5.41, 5.74) is 2.96. The fraction of sp³-hybridized carbons (Fsp3) is 0.500. The third-order valence-corrected chi connectivity index (χ3v) is 6.00. The van der Waals surface area contributed by atoms with Gasteiger partial charge in [-0.3, -0.25) is 4.79 Å². The zero-order valence-electron chi connectivity index (χ0n) is 16.3. The molecule has 2 aliphatic heterocycles. The second-order valence-corrected chi connectivity index (χ2v) is 7.70. The van der Waals surface area contributed by atoms with Gasteiger partial charge < -0.3 is 19.1 Å². The van der Waals surface area contributed by atoms with E-state index in [-0.39, 0.29) is 18.1 Å². The van der Waals surface area contributed by atoms with E-state index >= 15 is 0 Å². The maximum absolute atomic E-state index is 13.4. The van der Waals surface area contributed by atoms with E-state index in [2.05, 4.69) is 17.0 Å². The number of aryl methyl sites for hydroxylation is 1. The molecule has 2 aliphatic rings. The molecule has 2 saturated heterocycles. The molecule has 0 radical (unpaired) electrons. The molecule has 2 atom stereocenters. The predicted octanol–water partition coefficient (Wildman–Crippen LogP) is 3.01. The number of aromatic nitrogens is 1. The normalized spacial score (nSPS) is 23.7. The first-order chi connectivity index (χ1) is 13.1. The molecular formula is C22H29N3O2. The topological polar surface area (TPSA) is 37.7 Å². The molecule has 2 aromatic rings. The smallest absolute Gasteiger partial charge is 0.256 e. The third kappa shape index (κ3) is 3.66. The molecule has 27 heavy (non-hydrogen) atoms. The van der Waals surface area contributed by atoms with Crippen LogP contribution in [-0.4, -0.2) is 59.2 Å². The molecule has 0 aliphatic carbocycles. The number of nitrogens with zero attached hydrogens (tertiary/aromatic N) is 3. The van der Waals surface area contributed by atoms with Crippen LogP contribution in [0.3, 0.4) is 0 Å². The van der Waals surface area contributed by atoms with Crippen molar-refractivity contribution in [2.75, 3.05) is 32.8 Å². The standard InChI is InChI=1S/C22H29N3O2/c1-17-19(10-13-23(17)2)22(26)25-14-15-27-20(16-24-11-6-7-12-24)21(25)18-8-4-3-5-9-18/h3-5,8-10,13,20-21H,6-7,11-12,14-16H2,1-2H3/t20-,21-/m0/s1. The molecule has 0 N–H and O–H groups in total. The van der Waals surface area contributed by atoms with Crippen LogP contribution < -0.4 is 0 Å². The molecule has 0 spiro atoms. The first-order valence-electron chi connectivity index (χ1n) is 9.97. The van der Waals surface area contributed by atoms with Crippen LogP contribution in [0, 0.1) is 6.92 Å². The van der Waals surface area contributed by atoms with Crippen molar-refractivity contribution >= 4 is 5.91 Å². The van der Waals surface area contributed by atoms with Crippen molar-refractivity contribution in [1.82, 2.24) is 14.4 Å². The van der Waals surface area contributed by atoms with E-state index in [1.54, 1.807) is 0 Å². The molecule has 1 aromatic carbocycles. The summed E-state index contributed by atoms with van der Waals surface area (Å²) in [6, 6.07) is 12.2. The molecule has 144 valence electrons. The van der Waals surface area contributed by atoms with Gasteiger partial charge in [0.1, 0.15) is 0 Å². The minimum absolute atomic E-state index is 0.00668. The Bertz CT molecular complexity index is 780. The number of carbonyl (C=O) groups excluding carboxylic acids is 1. The number of morpholine rings is 1. The van der Waals surface area contributed by atoms with Gasteiger partial charge in [0.15, 0.2) is 0 Å². The monoisotopic (exact) mass is 367 g/mol. The van der Waals surface area contributed by atoms with E-state index in [9.17, 15) is 4.79 Å². The second-order valence-electron chi connectivity index (χ2n) is 7.70. The van der Waals surface area contributed by atoms with Crippen LogP contribution in [0.1, 0.15) is 40.5 Å². The molecule has 0 bridgehead atoms. The van der Waals surface area contributed by atoms with E-state index in [4.69, 9.17) is 4.74 Å². The Morgan fingerprint density at radius 1 is 1.11 bits per heavy atom. The highest BCUT2D eigenvalue weighted by Gasteiger charge is 2.38. The van der Waals surface area contributed by atoms with E-state index in [1.165, 1.54) is 12.8 Å². The van der Waals surface area contributed by atoms with Crippen molar-refractivity contribution in [2.24, 2.45) is 7.05 Å². The van der Waals surface area contributed by atoms with Gasteiger partial charge >= 0.3 is 0 Å². The van der Waals surface area contributed by atoms with Crippen LogP contribution in [0.15, 0.2) is 42.6 Å². The van der Waals surface area contributed by atoms with Gasteiger partial charge in [-0.1, -0.05) is 30.3 Å². The summed E-state index contributed by atoms with van der Waals surface area (Å²) in [4.78, 5) is 17.9. The Morgan fingerprint density at radius 3 is 2.52 bits per heavy atom. The minimum Gasteiger partial charge on any atom is -0.373 e. The van der Waals surface area contributed by atoms with E-state index in [0.717, 1.165) is 36.5 Å². The first kappa shape index (κ1) is 18.3. The second kappa shape index (κ2) is 7.87. The maximum Gasteiger partial charge on any atom is 0.256 e. The van der Waals surface area contributed by atoms with E-state index in [0.29, 0.717) is 13.2 Å². The molecule has 0 unspecified atom stereocenters. The number of hydrogen-bond donors (Lipinski definition) is 0. The highest BCUT2D eigenvalue weighted by atomic mass is 16.5. The minimum atomic E-state index is -0.0485. The van der Waals surface area contributed by atoms with Crippen LogP contribution >= 0.6 is 0 Å². The van der Waals surface area contributed by atoms with Crippen molar-refractivity contribution in [1.29, 1.82) is 0 Å². The van der Waals surface area contributed by atoms with Gasteiger partial charge in [-0.05, 0) is 44.5 Å². The number of benzene rings is 1. The average Bonchev–Trinajstić information content (AvgIpc) is 3.32. The lowest BCUT2D eigenvalue weighted by Gasteiger charge is -2.42. The molecule has 2 fully saturated rings. The summed E-state index contributed by atoms with van der Waals surface area (Å²) in [7, 11) is 1.98. The Kier molecular flexibility index (Phi) is 5.32. The lowest BCUT2D eigenvalue weighted by Crippen LogP contribution is -2.51. The van der Waals surface area contributed by atoms with Crippen molar-refractivity contribution in [3.8, 4) is 0 Å². The molecule has 0 saturated carbocycles. The van der Waals surface area contributed by atoms with Gasteiger partial charge in [-0.2, -0.15) is 0 Å². The van der Waals surface area contributed by atoms with Crippen molar-refractivity contribution in [3.05, 3.63) is 59.4 Å². The molecule has 1 amide bonds. The van der Waals surface area contributed by atoms with Gasteiger partial charge in [-0.15, -0.1) is 0 Å². The summed E-state index contributed by atoms with van der Waals surface area (Å²) in [6.07, 6.45) is 4.48. The highest BCUT2D eigenvalue weighted by molar-refractivity contribution is 5.95. The SMILES string of the molecule is Cc1c(C(=O)N2CCO[C@@H](CN3CCCC3)[C@@H]2c2ccccc2)ccn1C. The molecule has 5 nitrogen and oxygen atoms in total. The van der Waals surface area contributed by atoms with Crippen LogP contribution in [0.2, 0.25) is 0 Å². The predicted molar refractivity (Wildman–Crippen MR) is 106 cm³/mol. The third-order valence-electron chi connectivity index (χ3n) is 6.00. The molecule has 5 heteroatoms. The van der Waals surface area contributed by atoms with Crippen molar-refractivity contribution in [3.63, 3.8) is 0 Å². The van der Waals surface area contributed by atoms with E-state index in [1.807, 2.05) is 53.9 Å². The fourth-order valence-corrected chi connectivity index (χ4v) is 4.37. The van der Waals surface area contributed by atoms with Crippen LogP contribution in [0.4, 0.5) is 0 Å². The molecule has 1 aromatic heterocycles. The quantitative estimate of drug-likeness (QED) is 0.834. The number of likely N-dealkylation sites (tertiary alicyclic amines) is 1. The number of amides is 1. The summed E-state index contributed by atoms with van der Waals surface area (Å²) >= 11 is 0. The summed E-state index contributed by atoms with van der Waals surface area (Å²) in [5, 5.41) is 0. The average molecular weight is 367 g/mol. The van der Waals surface area contributed by atoms with Gasteiger partial charge in [-0.25, -0.2) is 0 Å². The Morgan fingerprint density at radius 2 is 1.85 bits per heavy atom. The Labute approximate surface area is 161 Å². The van der Waals surface area contributed by atoms with Gasteiger partial charge in [0.2, 0.25) is 0 Å². The molecule has 3 heterocycles. The first-order valence-corrected chi connectivity index (χ1v) is 9.97. The lowest BCUT2D eigenvalue weighted by molar-refractivity contribution is -0.0707. The summed E-state index contributed by atoms with van der Waals surface area (Å²) in [5.74, 6) is 0.108. The Balaban J connectivity index is 1.65. The Hall–Kier alpha value is -2.11. The summed E-state index contributed by atoms with van der Waals surface area (Å²) < 4.78 is 8.22. The highest BCUT2D eigenvalue weighted by Crippen LogP contribution is 2.32. The zero-order chi connectivity index (χ0) is 18.8. The summed E-state index contributed by atoms with van der Waals surface area (Å²) in [6.45, 7) is 6.38. The molecular weight excluding hydrogens is 338 g/mol. The van der Waals surface area contributed by atoms with Crippen LogP contribution in [-0.2, 0) is 11.8 Å². The van der Waals surface area contributed by atoms with E-state index < -0.39 is 0 Å². The number of carbonyl (C=O) groups is 1.